The van der Waals surface area contributed by atoms with E-state index in [1.54, 1.807) is 9.80 Å². The lowest BCUT2D eigenvalue weighted by Crippen LogP contribution is -2.57. The number of ether oxygens (including phenoxy) is 1. The number of benzene rings is 1. The lowest BCUT2D eigenvalue weighted by molar-refractivity contribution is -0.135. The molecule has 0 radical (unpaired) electrons. The van der Waals surface area contributed by atoms with Gasteiger partial charge in [-0.2, -0.15) is 0 Å². The smallest absolute Gasteiger partial charge is 0.253 e. The van der Waals surface area contributed by atoms with E-state index >= 15 is 0 Å². The molecule has 0 aliphatic carbocycles. The molecule has 4 aliphatic rings. The molecule has 0 spiro atoms. The van der Waals surface area contributed by atoms with Crippen LogP contribution < -0.4 is 9.80 Å². The molecule has 8 nitrogen and oxygen atoms in total. The van der Waals surface area contributed by atoms with Gasteiger partial charge in [0.2, 0.25) is 11.8 Å². The van der Waals surface area contributed by atoms with E-state index in [4.69, 9.17) is 4.74 Å². The Bertz CT molecular complexity index is 876. The predicted molar refractivity (Wildman–Crippen MR) is 116 cm³/mol. The normalized spacial score (nSPS) is 23.6. The highest BCUT2D eigenvalue weighted by Gasteiger charge is 2.41. The predicted octanol–water partition coefficient (Wildman–Crippen LogP) is 1.49. The second-order valence-corrected chi connectivity index (χ2v) is 8.83. The fourth-order valence-corrected chi connectivity index (χ4v) is 5.20. The van der Waals surface area contributed by atoms with Gasteiger partial charge in [0.05, 0.1) is 24.6 Å². The molecule has 1 unspecified atom stereocenters. The highest BCUT2D eigenvalue weighted by atomic mass is 16.5. The average Bonchev–Trinajstić information content (AvgIpc) is 3.36. The lowest BCUT2D eigenvalue weighted by Gasteiger charge is -2.45. The van der Waals surface area contributed by atoms with Crippen molar-refractivity contribution in [2.75, 3.05) is 62.3 Å². The standard InChI is InChI=1S/C23H30N4O4/c28-21(24-11-13-31-14-12-24)16-27-20-15-17(22(29)25-8-3-4-9-25)6-7-18(20)26-10-2-1-5-19(26)23(27)30/h6-7,15,19H,1-5,8-14,16H2. The first-order valence-electron chi connectivity index (χ1n) is 11.5. The molecule has 1 atom stereocenters. The van der Waals surface area contributed by atoms with Crippen LogP contribution in [0.1, 0.15) is 42.5 Å². The molecular formula is C23H30N4O4. The summed E-state index contributed by atoms with van der Waals surface area (Å²) >= 11 is 0. The lowest BCUT2D eigenvalue weighted by atomic mass is 9.95. The van der Waals surface area contributed by atoms with Gasteiger partial charge in [0, 0.05) is 38.3 Å². The Morgan fingerprint density at radius 2 is 1.65 bits per heavy atom. The summed E-state index contributed by atoms with van der Waals surface area (Å²) < 4.78 is 5.36. The van der Waals surface area contributed by atoms with E-state index in [1.165, 1.54) is 0 Å². The topological polar surface area (TPSA) is 73.4 Å². The molecule has 5 rings (SSSR count). The zero-order valence-electron chi connectivity index (χ0n) is 17.9. The number of carbonyl (C=O) groups excluding carboxylic acids is 3. The van der Waals surface area contributed by atoms with Crippen molar-refractivity contribution in [2.24, 2.45) is 0 Å². The second-order valence-electron chi connectivity index (χ2n) is 8.83. The molecule has 8 heteroatoms. The maximum Gasteiger partial charge on any atom is 0.253 e. The van der Waals surface area contributed by atoms with Crippen molar-refractivity contribution in [3.63, 3.8) is 0 Å². The van der Waals surface area contributed by atoms with E-state index in [-0.39, 0.29) is 30.3 Å². The van der Waals surface area contributed by atoms with E-state index < -0.39 is 0 Å². The number of nitrogens with zero attached hydrogens (tertiary/aromatic N) is 4. The van der Waals surface area contributed by atoms with Crippen LogP contribution in [0.25, 0.3) is 0 Å². The van der Waals surface area contributed by atoms with Gasteiger partial charge in [0.25, 0.3) is 5.91 Å². The molecule has 3 saturated heterocycles. The number of morpholine rings is 1. The van der Waals surface area contributed by atoms with Crippen LogP contribution in [0.15, 0.2) is 18.2 Å². The number of rotatable bonds is 3. The number of amides is 3. The molecule has 0 bridgehead atoms. The van der Waals surface area contributed by atoms with Gasteiger partial charge in [0.1, 0.15) is 12.6 Å². The summed E-state index contributed by atoms with van der Waals surface area (Å²) in [6, 6.07) is 5.45. The van der Waals surface area contributed by atoms with Crippen molar-refractivity contribution < 1.29 is 19.1 Å². The SMILES string of the molecule is O=C(CN1C(=O)C2CCCCN2c2ccc(C(=O)N3CCCC3)cc21)N1CCOCC1. The summed E-state index contributed by atoms with van der Waals surface area (Å²) in [7, 11) is 0. The molecule has 166 valence electrons. The van der Waals surface area contributed by atoms with Crippen molar-refractivity contribution in [1.29, 1.82) is 0 Å². The van der Waals surface area contributed by atoms with Crippen LogP contribution in [0.2, 0.25) is 0 Å². The minimum atomic E-state index is -0.223. The highest BCUT2D eigenvalue weighted by molar-refractivity contribution is 6.09. The van der Waals surface area contributed by atoms with Gasteiger partial charge in [0.15, 0.2) is 0 Å². The van der Waals surface area contributed by atoms with Crippen molar-refractivity contribution in [3.8, 4) is 0 Å². The van der Waals surface area contributed by atoms with Crippen molar-refractivity contribution in [1.82, 2.24) is 9.80 Å². The number of fused-ring (bicyclic) bond motifs is 3. The maximum atomic E-state index is 13.5. The van der Waals surface area contributed by atoms with Crippen molar-refractivity contribution >= 4 is 29.1 Å². The summed E-state index contributed by atoms with van der Waals surface area (Å²) in [4.78, 5) is 46.9. The first-order valence-corrected chi connectivity index (χ1v) is 11.5. The molecule has 0 N–H and O–H groups in total. The summed E-state index contributed by atoms with van der Waals surface area (Å²) in [5.74, 6) is -0.0873. The van der Waals surface area contributed by atoms with Crippen LogP contribution >= 0.6 is 0 Å². The number of carbonyl (C=O) groups is 3. The second kappa shape index (κ2) is 8.49. The molecule has 31 heavy (non-hydrogen) atoms. The van der Waals surface area contributed by atoms with Gasteiger partial charge in [-0.05, 0) is 50.3 Å². The third-order valence-corrected chi connectivity index (χ3v) is 6.93. The number of anilines is 2. The Labute approximate surface area is 182 Å². The van der Waals surface area contributed by atoms with E-state index in [0.29, 0.717) is 37.6 Å². The maximum absolute atomic E-state index is 13.5. The quantitative estimate of drug-likeness (QED) is 0.732. The molecule has 0 aromatic heterocycles. The van der Waals surface area contributed by atoms with Crippen LogP contribution in [0.3, 0.4) is 0 Å². The molecule has 3 fully saturated rings. The Morgan fingerprint density at radius 3 is 2.42 bits per heavy atom. The average molecular weight is 427 g/mol. The third-order valence-electron chi connectivity index (χ3n) is 6.93. The van der Waals surface area contributed by atoms with Crippen molar-refractivity contribution in [2.45, 2.75) is 38.1 Å². The van der Waals surface area contributed by atoms with Gasteiger partial charge >= 0.3 is 0 Å². The molecule has 3 amide bonds. The minimum absolute atomic E-state index is 0.00738. The number of likely N-dealkylation sites (tertiary alicyclic amines) is 1. The Hall–Kier alpha value is -2.61. The van der Waals surface area contributed by atoms with Gasteiger partial charge in [-0.1, -0.05) is 0 Å². The first kappa shape index (κ1) is 20.3. The molecule has 0 saturated carbocycles. The third kappa shape index (κ3) is 3.78. The molecule has 4 heterocycles. The molecule has 4 aliphatic heterocycles. The summed E-state index contributed by atoms with van der Waals surface area (Å²) in [5, 5.41) is 0. The van der Waals surface area contributed by atoms with Crippen LogP contribution in [0, 0.1) is 0 Å². The number of hydrogen-bond acceptors (Lipinski definition) is 5. The van der Waals surface area contributed by atoms with Crippen LogP contribution in [-0.4, -0.2) is 86.0 Å². The van der Waals surface area contributed by atoms with Crippen molar-refractivity contribution in [3.05, 3.63) is 23.8 Å². The molecular weight excluding hydrogens is 396 g/mol. The van der Waals surface area contributed by atoms with Crippen LogP contribution in [-0.2, 0) is 14.3 Å². The Balaban J connectivity index is 1.47. The minimum Gasteiger partial charge on any atom is -0.378 e. The zero-order valence-corrected chi connectivity index (χ0v) is 17.9. The Morgan fingerprint density at radius 1 is 0.903 bits per heavy atom. The van der Waals surface area contributed by atoms with Crippen LogP contribution in [0.4, 0.5) is 11.4 Å². The molecule has 1 aromatic rings. The largest absolute Gasteiger partial charge is 0.378 e. The number of hydrogen-bond donors (Lipinski definition) is 0. The zero-order chi connectivity index (χ0) is 21.4. The summed E-state index contributed by atoms with van der Waals surface area (Å²) in [6.45, 7) is 4.56. The number of piperidine rings is 1. The van der Waals surface area contributed by atoms with Gasteiger partial charge in [-0.3, -0.25) is 19.3 Å². The van der Waals surface area contributed by atoms with E-state index in [9.17, 15) is 14.4 Å². The fraction of sp³-hybridized carbons (Fsp3) is 0.609. The van der Waals surface area contributed by atoms with Crippen LogP contribution in [0.5, 0.6) is 0 Å². The molecule has 1 aromatic carbocycles. The van der Waals surface area contributed by atoms with E-state index in [2.05, 4.69) is 4.90 Å². The first-order chi connectivity index (χ1) is 15.1. The summed E-state index contributed by atoms with van der Waals surface area (Å²) in [5.41, 5.74) is 2.24. The summed E-state index contributed by atoms with van der Waals surface area (Å²) in [6.07, 6.45) is 4.92. The van der Waals surface area contributed by atoms with Gasteiger partial charge in [-0.25, -0.2) is 0 Å². The van der Waals surface area contributed by atoms with E-state index in [1.807, 2.05) is 23.1 Å². The highest BCUT2D eigenvalue weighted by Crippen LogP contribution is 2.40. The van der Waals surface area contributed by atoms with Gasteiger partial charge < -0.3 is 19.4 Å². The Kier molecular flexibility index (Phi) is 5.56. The monoisotopic (exact) mass is 426 g/mol. The fourth-order valence-electron chi connectivity index (χ4n) is 5.20. The van der Waals surface area contributed by atoms with E-state index in [0.717, 1.165) is 57.4 Å². The van der Waals surface area contributed by atoms with Gasteiger partial charge in [-0.15, -0.1) is 0 Å².